The van der Waals surface area contributed by atoms with Crippen LogP contribution >= 0.6 is 0 Å². The molecule has 4 aromatic carbocycles. The zero-order valence-corrected chi connectivity index (χ0v) is 20.7. The summed E-state index contributed by atoms with van der Waals surface area (Å²) < 4.78 is 0. The summed E-state index contributed by atoms with van der Waals surface area (Å²) in [6.07, 6.45) is 2.43. The molecule has 0 bridgehead atoms. The molecule has 178 valence electrons. The second-order valence-electron chi connectivity index (χ2n) is 9.10. The van der Waals surface area contributed by atoms with Crippen LogP contribution in [0.2, 0.25) is 0 Å². The van der Waals surface area contributed by atoms with E-state index in [1.165, 1.54) is 5.56 Å². The van der Waals surface area contributed by atoms with Crippen molar-refractivity contribution in [1.82, 2.24) is 9.97 Å². The van der Waals surface area contributed by atoms with Gasteiger partial charge in [0.15, 0.2) is 5.78 Å². The van der Waals surface area contributed by atoms with Crippen molar-refractivity contribution in [3.63, 3.8) is 0 Å². The lowest BCUT2D eigenvalue weighted by atomic mass is 9.96. The number of benzene rings is 4. The van der Waals surface area contributed by atoms with Gasteiger partial charge in [0.2, 0.25) is 5.95 Å². The summed E-state index contributed by atoms with van der Waals surface area (Å²) in [6, 6.07) is 32.4. The van der Waals surface area contributed by atoms with E-state index in [9.17, 15) is 4.79 Å². The van der Waals surface area contributed by atoms with Crippen molar-refractivity contribution in [3.05, 3.63) is 119 Å². The quantitative estimate of drug-likeness (QED) is 0.235. The molecule has 0 radical (unpaired) electrons. The van der Waals surface area contributed by atoms with Gasteiger partial charge in [-0.15, -0.1) is 0 Å². The second-order valence-corrected chi connectivity index (χ2v) is 9.10. The molecule has 5 aromatic rings. The average molecular weight is 472 g/mol. The number of ketones is 1. The molecule has 1 heterocycles. The van der Waals surface area contributed by atoms with E-state index in [1.807, 2.05) is 73.7 Å². The van der Waals surface area contributed by atoms with Crippen LogP contribution in [-0.2, 0) is 12.8 Å². The molecule has 0 amide bonds. The number of anilines is 2. The second kappa shape index (κ2) is 10.5. The maximum absolute atomic E-state index is 13.0. The molecule has 0 spiro atoms. The molecule has 0 atom stereocenters. The number of rotatable bonds is 8. The number of hydrogen-bond acceptors (Lipinski definition) is 4. The Kier molecular flexibility index (Phi) is 6.85. The van der Waals surface area contributed by atoms with E-state index in [0.29, 0.717) is 12.4 Å². The molecule has 4 heteroatoms. The molecule has 5 rings (SSSR count). The summed E-state index contributed by atoms with van der Waals surface area (Å²) >= 11 is 0. The lowest BCUT2D eigenvalue weighted by Crippen LogP contribution is -2.07. The first-order valence-corrected chi connectivity index (χ1v) is 12.4. The highest BCUT2D eigenvalue weighted by molar-refractivity contribution is 5.99. The number of nitrogens with one attached hydrogen (secondary N) is 1. The fraction of sp³-hybridized carbons (Fsp3) is 0.156. The maximum atomic E-state index is 13.0. The number of aromatic nitrogens is 2. The number of carbonyl (C=O) groups excluding carboxylic acids is 1. The smallest absolute Gasteiger partial charge is 0.228 e. The zero-order chi connectivity index (χ0) is 24.9. The Morgan fingerprint density at radius 3 is 2.31 bits per heavy atom. The molecule has 0 saturated carbocycles. The summed E-state index contributed by atoms with van der Waals surface area (Å²) in [5.41, 5.74) is 7.75. The van der Waals surface area contributed by atoms with Gasteiger partial charge in [-0.1, -0.05) is 86.1 Å². The van der Waals surface area contributed by atoms with Crippen molar-refractivity contribution in [3.8, 4) is 11.3 Å². The largest absolute Gasteiger partial charge is 0.324 e. The molecule has 1 aromatic heterocycles. The van der Waals surface area contributed by atoms with Gasteiger partial charge in [-0.2, -0.15) is 0 Å². The first-order chi connectivity index (χ1) is 17.6. The van der Waals surface area contributed by atoms with Gasteiger partial charge < -0.3 is 5.32 Å². The Hall–Kier alpha value is -4.31. The van der Waals surface area contributed by atoms with Crippen molar-refractivity contribution < 1.29 is 4.79 Å². The normalized spacial score (nSPS) is 10.9. The molecule has 0 fully saturated rings. The minimum Gasteiger partial charge on any atom is -0.324 e. The van der Waals surface area contributed by atoms with Gasteiger partial charge in [0, 0.05) is 28.6 Å². The van der Waals surface area contributed by atoms with Gasteiger partial charge in [-0.25, -0.2) is 9.97 Å². The summed E-state index contributed by atoms with van der Waals surface area (Å²) in [6.45, 7) is 4.16. The van der Waals surface area contributed by atoms with Gasteiger partial charge in [-0.05, 0) is 54.3 Å². The number of fused-ring (bicyclic) bond motifs is 1. The van der Waals surface area contributed by atoms with Gasteiger partial charge in [0.25, 0.3) is 0 Å². The lowest BCUT2D eigenvalue weighted by molar-refractivity contribution is 0.0992. The predicted molar refractivity (Wildman–Crippen MR) is 148 cm³/mol. The third-order valence-electron chi connectivity index (χ3n) is 6.37. The van der Waals surface area contributed by atoms with E-state index in [4.69, 9.17) is 9.97 Å². The number of nitrogens with zero attached hydrogens (tertiary/aromatic N) is 2. The van der Waals surface area contributed by atoms with Gasteiger partial charge in [0.05, 0.1) is 11.2 Å². The van der Waals surface area contributed by atoms with E-state index in [2.05, 4.69) is 42.6 Å². The van der Waals surface area contributed by atoms with E-state index in [1.54, 1.807) is 0 Å². The maximum Gasteiger partial charge on any atom is 0.228 e. The zero-order valence-electron chi connectivity index (χ0n) is 20.7. The van der Waals surface area contributed by atoms with Crippen LogP contribution < -0.4 is 5.32 Å². The standard InChI is InChI=1S/C32H29N3O/c1-3-9-23-15-14-22(2)28(20-23)30(36)21-24-16-18-26(19-17-24)33-32-34-29-13-8-7-12-27(29)31(35-32)25-10-5-4-6-11-25/h4-8,10-20H,3,9,21H2,1-2H3,(H,33,34,35). The Bertz CT molecular complexity index is 1510. The Balaban J connectivity index is 1.36. The molecule has 0 saturated heterocycles. The molecular formula is C32H29N3O. The number of para-hydroxylation sites is 1. The Labute approximate surface area is 212 Å². The topological polar surface area (TPSA) is 54.9 Å². The lowest BCUT2D eigenvalue weighted by Gasteiger charge is -2.11. The molecule has 0 aliphatic heterocycles. The van der Waals surface area contributed by atoms with Crippen LogP contribution in [0.4, 0.5) is 11.6 Å². The molecule has 4 nitrogen and oxygen atoms in total. The van der Waals surface area contributed by atoms with Crippen LogP contribution in [0, 0.1) is 6.92 Å². The molecule has 36 heavy (non-hydrogen) atoms. The van der Waals surface area contributed by atoms with Crippen molar-refractivity contribution in [1.29, 1.82) is 0 Å². The first-order valence-electron chi connectivity index (χ1n) is 12.4. The molecule has 0 aliphatic rings. The highest BCUT2D eigenvalue weighted by Crippen LogP contribution is 2.28. The summed E-state index contributed by atoms with van der Waals surface area (Å²) in [5, 5.41) is 4.36. The molecule has 0 aliphatic carbocycles. The van der Waals surface area contributed by atoms with Crippen molar-refractivity contribution >= 4 is 28.3 Å². The molecule has 1 N–H and O–H groups in total. The van der Waals surface area contributed by atoms with Crippen molar-refractivity contribution in [2.45, 2.75) is 33.1 Å². The summed E-state index contributed by atoms with van der Waals surface area (Å²) in [4.78, 5) is 22.6. The van der Waals surface area contributed by atoms with Crippen LogP contribution in [0.3, 0.4) is 0 Å². The number of carbonyl (C=O) groups is 1. The van der Waals surface area contributed by atoms with Gasteiger partial charge >= 0.3 is 0 Å². The molecule has 0 unspecified atom stereocenters. The highest BCUT2D eigenvalue weighted by atomic mass is 16.1. The van der Waals surface area contributed by atoms with Crippen LogP contribution in [-0.4, -0.2) is 15.8 Å². The van der Waals surface area contributed by atoms with Crippen LogP contribution in [0.5, 0.6) is 0 Å². The minimum absolute atomic E-state index is 0.150. The number of hydrogen-bond donors (Lipinski definition) is 1. The minimum atomic E-state index is 0.150. The van der Waals surface area contributed by atoms with Gasteiger partial charge in [-0.3, -0.25) is 4.79 Å². The Morgan fingerprint density at radius 1 is 0.806 bits per heavy atom. The van der Waals surface area contributed by atoms with Crippen LogP contribution in [0.1, 0.15) is 40.4 Å². The van der Waals surface area contributed by atoms with Gasteiger partial charge in [0.1, 0.15) is 0 Å². The van der Waals surface area contributed by atoms with Crippen LogP contribution in [0.25, 0.3) is 22.2 Å². The molecular weight excluding hydrogens is 442 g/mol. The van der Waals surface area contributed by atoms with Crippen molar-refractivity contribution in [2.24, 2.45) is 0 Å². The highest BCUT2D eigenvalue weighted by Gasteiger charge is 2.12. The summed E-state index contributed by atoms with van der Waals surface area (Å²) in [7, 11) is 0. The first kappa shape index (κ1) is 23.4. The van der Waals surface area contributed by atoms with E-state index in [-0.39, 0.29) is 5.78 Å². The average Bonchev–Trinajstić information content (AvgIpc) is 2.91. The summed E-state index contributed by atoms with van der Waals surface area (Å²) in [5.74, 6) is 0.691. The third kappa shape index (κ3) is 5.18. The number of Topliss-reactive ketones (excluding diaryl/α,β-unsaturated/α-hetero) is 1. The third-order valence-corrected chi connectivity index (χ3v) is 6.37. The van der Waals surface area contributed by atoms with Crippen molar-refractivity contribution in [2.75, 3.05) is 5.32 Å². The Morgan fingerprint density at radius 2 is 1.53 bits per heavy atom. The van der Waals surface area contributed by atoms with E-state index in [0.717, 1.165) is 57.4 Å². The van der Waals surface area contributed by atoms with E-state index >= 15 is 0 Å². The van der Waals surface area contributed by atoms with E-state index < -0.39 is 0 Å². The predicted octanol–water partition coefficient (Wildman–Crippen LogP) is 7.73. The van der Waals surface area contributed by atoms with Crippen LogP contribution in [0.15, 0.2) is 97.1 Å². The fourth-order valence-electron chi connectivity index (χ4n) is 4.48. The fourth-order valence-corrected chi connectivity index (χ4v) is 4.48. The number of aryl methyl sites for hydroxylation is 2. The monoisotopic (exact) mass is 471 g/mol. The SMILES string of the molecule is CCCc1ccc(C)c(C(=O)Cc2ccc(Nc3nc(-c4ccccc4)c4ccccc4n3)cc2)c1.